The fourth-order valence-electron chi connectivity index (χ4n) is 3.37. The quantitative estimate of drug-likeness (QED) is 0.905. The van der Waals surface area contributed by atoms with E-state index in [1.807, 2.05) is 0 Å². The highest BCUT2D eigenvalue weighted by molar-refractivity contribution is 6.37. The number of aliphatic hydroxyl groups excluding tert-OH is 1. The fourth-order valence-corrected chi connectivity index (χ4v) is 3.88. The van der Waals surface area contributed by atoms with E-state index in [1.165, 1.54) is 19.3 Å². The van der Waals surface area contributed by atoms with Gasteiger partial charge < -0.3 is 9.84 Å². The summed E-state index contributed by atoms with van der Waals surface area (Å²) in [5.74, 6) is 1.30. The molecule has 1 saturated carbocycles. The molecule has 2 bridgehead atoms. The maximum absolute atomic E-state index is 10.1. The van der Waals surface area contributed by atoms with Crippen LogP contribution in [-0.2, 0) is 0 Å². The molecule has 20 heavy (non-hydrogen) atoms. The zero-order valence-electron chi connectivity index (χ0n) is 11.3. The zero-order chi connectivity index (χ0) is 14.1. The second-order valence-corrected chi connectivity index (χ2v) is 6.62. The summed E-state index contributed by atoms with van der Waals surface area (Å²) in [4.78, 5) is 2.39. The molecular formula is C15H19Cl2NO2. The predicted molar refractivity (Wildman–Crippen MR) is 80.7 cm³/mol. The highest BCUT2D eigenvalue weighted by atomic mass is 35.5. The van der Waals surface area contributed by atoms with Crippen molar-refractivity contribution in [1.29, 1.82) is 0 Å². The Balaban J connectivity index is 1.51. The van der Waals surface area contributed by atoms with Gasteiger partial charge in [-0.15, -0.1) is 0 Å². The number of ether oxygens (including phenoxy) is 1. The molecular weight excluding hydrogens is 297 g/mol. The van der Waals surface area contributed by atoms with Crippen LogP contribution in [0.25, 0.3) is 0 Å². The molecule has 0 aromatic heterocycles. The smallest absolute Gasteiger partial charge is 0.156 e. The molecule has 1 aliphatic carbocycles. The Kier molecular flexibility index (Phi) is 4.41. The third-order valence-corrected chi connectivity index (χ3v) is 4.90. The number of para-hydroxylation sites is 1. The second kappa shape index (κ2) is 6.10. The van der Waals surface area contributed by atoms with Crippen LogP contribution in [-0.4, -0.2) is 41.8 Å². The molecule has 3 nitrogen and oxygen atoms in total. The minimum Gasteiger partial charge on any atom is -0.488 e. The molecule has 3 rings (SSSR count). The van der Waals surface area contributed by atoms with Gasteiger partial charge in [0.25, 0.3) is 0 Å². The average molecular weight is 316 g/mol. The van der Waals surface area contributed by atoms with Crippen molar-refractivity contribution in [1.82, 2.24) is 4.90 Å². The van der Waals surface area contributed by atoms with E-state index in [0.717, 1.165) is 12.5 Å². The van der Waals surface area contributed by atoms with Crippen LogP contribution < -0.4 is 4.74 Å². The molecule has 1 N–H and O–H groups in total. The zero-order valence-corrected chi connectivity index (χ0v) is 12.8. The van der Waals surface area contributed by atoms with Crippen LogP contribution in [0.1, 0.15) is 19.3 Å². The maximum Gasteiger partial charge on any atom is 0.156 e. The number of nitrogens with zero attached hydrogens (tertiary/aromatic N) is 1. The first-order valence-electron chi connectivity index (χ1n) is 7.12. The summed E-state index contributed by atoms with van der Waals surface area (Å²) in [6.45, 7) is 2.01. The first-order chi connectivity index (χ1) is 9.63. The first kappa shape index (κ1) is 14.5. The molecule has 3 unspecified atom stereocenters. The van der Waals surface area contributed by atoms with Gasteiger partial charge in [0.2, 0.25) is 0 Å². The van der Waals surface area contributed by atoms with Gasteiger partial charge in [-0.3, -0.25) is 4.90 Å². The molecule has 1 saturated heterocycles. The Bertz CT molecular complexity index is 463. The van der Waals surface area contributed by atoms with Crippen molar-refractivity contribution in [3.63, 3.8) is 0 Å². The van der Waals surface area contributed by atoms with Crippen LogP contribution in [0, 0.1) is 5.92 Å². The van der Waals surface area contributed by atoms with E-state index < -0.39 is 6.10 Å². The lowest BCUT2D eigenvalue weighted by Gasteiger charge is -2.28. The van der Waals surface area contributed by atoms with Crippen LogP contribution in [0.15, 0.2) is 18.2 Å². The Morgan fingerprint density at radius 2 is 2.05 bits per heavy atom. The summed E-state index contributed by atoms with van der Waals surface area (Å²) in [7, 11) is 0. The number of halogens is 2. The van der Waals surface area contributed by atoms with Crippen molar-refractivity contribution in [2.24, 2.45) is 5.92 Å². The van der Waals surface area contributed by atoms with Crippen molar-refractivity contribution in [2.75, 3.05) is 19.7 Å². The molecule has 0 amide bonds. The topological polar surface area (TPSA) is 32.7 Å². The van der Waals surface area contributed by atoms with E-state index in [-0.39, 0.29) is 6.61 Å². The van der Waals surface area contributed by atoms with E-state index in [0.29, 0.717) is 28.4 Å². The summed E-state index contributed by atoms with van der Waals surface area (Å²) in [5, 5.41) is 11.1. The lowest BCUT2D eigenvalue weighted by Crippen LogP contribution is -2.40. The normalized spacial score (nSPS) is 26.9. The molecule has 1 aromatic carbocycles. The van der Waals surface area contributed by atoms with Crippen molar-refractivity contribution in [3.8, 4) is 5.75 Å². The van der Waals surface area contributed by atoms with Gasteiger partial charge in [0, 0.05) is 19.1 Å². The number of likely N-dealkylation sites (tertiary alicyclic amines) is 1. The Morgan fingerprint density at radius 1 is 1.30 bits per heavy atom. The molecule has 2 fully saturated rings. The summed E-state index contributed by atoms with van der Waals surface area (Å²) in [6, 6.07) is 5.90. The van der Waals surface area contributed by atoms with Crippen LogP contribution in [0.3, 0.4) is 0 Å². The maximum atomic E-state index is 10.1. The van der Waals surface area contributed by atoms with Crippen molar-refractivity contribution < 1.29 is 9.84 Å². The predicted octanol–water partition coefficient (Wildman–Crippen LogP) is 3.22. The van der Waals surface area contributed by atoms with E-state index in [2.05, 4.69) is 4.90 Å². The number of fused-ring (bicyclic) bond motifs is 2. The van der Waals surface area contributed by atoms with Gasteiger partial charge in [-0.2, -0.15) is 0 Å². The second-order valence-electron chi connectivity index (χ2n) is 5.80. The first-order valence-corrected chi connectivity index (χ1v) is 7.88. The Labute approximate surface area is 129 Å². The summed E-state index contributed by atoms with van der Waals surface area (Å²) in [6.07, 6.45) is 3.41. The molecule has 2 aliphatic rings. The number of hydrogen-bond donors (Lipinski definition) is 1. The van der Waals surface area contributed by atoms with Gasteiger partial charge in [-0.1, -0.05) is 29.3 Å². The molecule has 1 aromatic rings. The van der Waals surface area contributed by atoms with Crippen molar-refractivity contribution >= 4 is 23.2 Å². The number of aliphatic hydroxyl groups is 1. The van der Waals surface area contributed by atoms with Gasteiger partial charge in [-0.25, -0.2) is 0 Å². The summed E-state index contributed by atoms with van der Waals surface area (Å²) >= 11 is 12.1. The summed E-state index contributed by atoms with van der Waals surface area (Å²) < 4.78 is 5.58. The van der Waals surface area contributed by atoms with E-state index >= 15 is 0 Å². The minimum absolute atomic E-state index is 0.220. The Hall–Kier alpha value is -0.480. The van der Waals surface area contributed by atoms with E-state index in [1.54, 1.807) is 18.2 Å². The third-order valence-electron chi connectivity index (χ3n) is 4.31. The molecule has 0 radical (unpaired) electrons. The van der Waals surface area contributed by atoms with Crippen molar-refractivity contribution in [3.05, 3.63) is 28.2 Å². The molecule has 110 valence electrons. The number of rotatable bonds is 5. The Morgan fingerprint density at radius 3 is 2.65 bits per heavy atom. The lowest BCUT2D eigenvalue weighted by molar-refractivity contribution is 0.0574. The molecule has 5 heteroatoms. The van der Waals surface area contributed by atoms with Crippen molar-refractivity contribution in [2.45, 2.75) is 31.4 Å². The molecule has 0 spiro atoms. The number of benzene rings is 1. The highest BCUT2D eigenvalue weighted by Gasteiger charge is 2.38. The van der Waals surface area contributed by atoms with Gasteiger partial charge >= 0.3 is 0 Å². The van der Waals surface area contributed by atoms with Gasteiger partial charge in [0.15, 0.2) is 5.75 Å². The SMILES string of the molecule is OC(COc1c(Cl)cccc1Cl)CN1CC2CCC1C2. The van der Waals surface area contributed by atoms with Gasteiger partial charge in [0.05, 0.1) is 10.0 Å². The van der Waals surface area contributed by atoms with E-state index in [9.17, 15) is 5.11 Å². The fraction of sp³-hybridized carbons (Fsp3) is 0.600. The van der Waals surface area contributed by atoms with E-state index in [4.69, 9.17) is 27.9 Å². The van der Waals surface area contributed by atoms with Gasteiger partial charge in [-0.05, 0) is 37.3 Å². The lowest BCUT2D eigenvalue weighted by atomic mass is 10.1. The van der Waals surface area contributed by atoms with Crippen LogP contribution in [0.2, 0.25) is 10.0 Å². The van der Waals surface area contributed by atoms with Gasteiger partial charge in [0.1, 0.15) is 12.7 Å². The van der Waals surface area contributed by atoms with Crippen LogP contribution in [0.5, 0.6) is 5.75 Å². The van der Waals surface area contributed by atoms with Crippen LogP contribution >= 0.6 is 23.2 Å². The number of piperidine rings is 1. The molecule has 1 heterocycles. The third kappa shape index (κ3) is 3.06. The monoisotopic (exact) mass is 315 g/mol. The average Bonchev–Trinajstić information content (AvgIpc) is 3.00. The van der Waals surface area contributed by atoms with Crippen LogP contribution in [0.4, 0.5) is 0 Å². The molecule has 1 aliphatic heterocycles. The minimum atomic E-state index is -0.512. The number of β-amino-alcohol motifs (C(OH)–C–C–N with tert-alkyl or cyclic N) is 1. The molecule has 3 atom stereocenters. The highest BCUT2D eigenvalue weighted by Crippen LogP contribution is 2.37. The summed E-state index contributed by atoms with van der Waals surface area (Å²) in [5.41, 5.74) is 0. The number of hydrogen-bond acceptors (Lipinski definition) is 3. The standard InChI is InChI=1S/C15H19Cl2NO2/c16-13-2-1-3-14(17)15(13)20-9-12(19)8-18-7-10-4-5-11(18)6-10/h1-3,10-12,19H,4-9H2. The largest absolute Gasteiger partial charge is 0.488 e.